The van der Waals surface area contributed by atoms with Crippen LogP contribution in [0.25, 0.3) is 16.7 Å². The number of hydrogen-bond acceptors (Lipinski definition) is 7. The summed E-state index contributed by atoms with van der Waals surface area (Å²) in [6.07, 6.45) is 1.82. The van der Waals surface area contributed by atoms with Crippen molar-refractivity contribution in [2.75, 3.05) is 0 Å². The van der Waals surface area contributed by atoms with Gasteiger partial charge in [-0.2, -0.15) is 8.75 Å². The van der Waals surface area contributed by atoms with Crippen LogP contribution in [0.1, 0.15) is 25.7 Å². The molecule has 0 fully saturated rings. The average molecular weight is 388 g/mol. The number of benzene rings is 1. The number of sulfonamides is 1. The van der Waals surface area contributed by atoms with Crippen molar-refractivity contribution in [2.24, 2.45) is 5.92 Å². The minimum absolute atomic E-state index is 0.0369. The summed E-state index contributed by atoms with van der Waals surface area (Å²) in [6.45, 7) is 3.87. The van der Waals surface area contributed by atoms with Crippen molar-refractivity contribution in [3.05, 3.63) is 48.4 Å². The van der Waals surface area contributed by atoms with E-state index in [1.165, 1.54) is 6.07 Å². The molecule has 1 aromatic carbocycles. The van der Waals surface area contributed by atoms with Crippen molar-refractivity contribution in [1.29, 1.82) is 0 Å². The van der Waals surface area contributed by atoms with Gasteiger partial charge in [-0.3, -0.25) is 4.40 Å². The number of nitrogens with zero attached hydrogens (tertiary/aromatic N) is 5. The summed E-state index contributed by atoms with van der Waals surface area (Å²) in [4.78, 5) is 0.114. The van der Waals surface area contributed by atoms with E-state index in [1.54, 1.807) is 16.5 Å². The van der Waals surface area contributed by atoms with E-state index in [2.05, 4.69) is 23.7 Å². The van der Waals surface area contributed by atoms with Crippen LogP contribution < -0.4 is 4.72 Å². The van der Waals surface area contributed by atoms with Gasteiger partial charge < -0.3 is 0 Å². The summed E-state index contributed by atoms with van der Waals surface area (Å²) >= 11 is 0.989. The molecular formula is C16H16N6O2S2. The Bertz CT molecular complexity index is 1180. The zero-order valence-corrected chi connectivity index (χ0v) is 15.7. The van der Waals surface area contributed by atoms with Crippen LogP contribution in [0, 0.1) is 5.92 Å². The summed E-state index contributed by atoms with van der Waals surface area (Å²) in [5, 5.41) is 8.33. The molecule has 0 saturated carbocycles. The van der Waals surface area contributed by atoms with E-state index in [4.69, 9.17) is 0 Å². The van der Waals surface area contributed by atoms with E-state index < -0.39 is 16.1 Å². The van der Waals surface area contributed by atoms with Crippen LogP contribution in [0.2, 0.25) is 0 Å². The van der Waals surface area contributed by atoms with Gasteiger partial charge in [0, 0.05) is 6.20 Å². The molecule has 0 aliphatic heterocycles. The van der Waals surface area contributed by atoms with Gasteiger partial charge in [0.2, 0.25) is 10.0 Å². The fraction of sp³-hybridized carbons (Fsp3) is 0.250. The quantitative estimate of drug-likeness (QED) is 0.563. The fourth-order valence-electron chi connectivity index (χ4n) is 2.79. The van der Waals surface area contributed by atoms with Crippen molar-refractivity contribution in [3.63, 3.8) is 0 Å². The van der Waals surface area contributed by atoms with Gasteiger partial charge in [0.15, 0.2) is 11.5 Å². The molecule has 4 rings (SSSR count). The fourth-order valence-corrected chi connectivity index (χ4v) is 4.90. The van der Waals surface area contributed by atoms with Crippen molar-refractivity contribution in [1.82, 2.24) is 28.1 Å². The number of hydrogen-bond donors (Lipinski definition) is 1. The molecule has 0 unspecified atom stereocenters. The lowest BCUT2D eigenvalue weighted by molar-refractivity contribution is 0.441. The van der Waals surface area contributed by atoms with Gasteiger partial charge in [-0.15, -0.1) is 10.2 Å². The van der Waals surface area contributed by atoms with Gasteiger partial charge in [0.1, 0.15) is 15.9 Å². The first kappa shape index (κ1) is 17.0. The largest absolute Gasteiger partial charge is 0.285 e. The van der Waals surface area contributed by atoms with Gasteiger partial charge in [-0.05, 0) is 30.2 Å². The van der Waals surface area contributed by atoms with Gasteiger partial charge in [0.25, 0.3) is 0 Å². The van der Waals surface area contributed by atoms with Crippen LogP contribution in [0.15, 0.2) is 47.5 Å². The second-order valence-electron chi connectivity index (χ2n) is 6.22. The molecule has 4 aromatic rings. The predicted molar refractivity (Wildman–Crippen MR) is 98.3 cm³/mol. The number of fused-ring (bicyclic) bond motifs is 2. The molecule has 0 saturated heterocycles. The van der Waals surface area contributed by atoms with Gasteiger partial charge >= 0.3 is 0 Å². The molecule has 1 N–H and O–H groups in total. The summed E-state index contributed by atoms with van der Waals surface area (Å²) in [6, 6.07) is 9.93. The van der Waals surface area contributed by atoms with E-state index in [0.717, 1.165) is 11.7 Å². The monoisotopic (exact) mass is 388 g/mol. The molecule has 0 radical (unpaired) electrons. The van der Waals surface area contributed by atoms with Crippen LogP contribution in [-0.4, -0.2) is 31.8 Å². The Morgan fingerprint density at radius 2 is 1.92 bits per heavy atom. The summed E-state index contributed by atoms with van der Waals surface area (Å²) in [7, 11) is -3.82. The number of rotatable bonds is 5. The highest BCUT2D eigenvalue weighted by Gasteiger charge is 2.29. The Morgan fingerprint density at radius 3 is 2.73 bits per heavy atom. The lowest BCUT2D eigenvalue weighted by Gasteiger charge is -2.21. The van der Waals surface area contributed by atoms with E-state index in [1.807, 2.05) is 38.2 Å². The molecule has 134 valence electrons. The third kappa shape index (κ3) is 2.85. The highest BCUT2D eigenvalue weighted by atomic mass is 32.2. The summed E-state index contributed by atoms with van der Waals surface area (Å²) in [5.74, 6) is 0.507. The first-order valence-electron chi connectivity index (χ1n) is 8.00. The van der Waals surface area contributed by atoms with Gasteiger partial charge in [0.05, 0.1) is 17.8 Å². The zero-order valence-electron chi connectivity index (χ0n) is 14.1. The molecule has 0 spiro atoms. The second-order valence-corrected chi connectivity index (χ2v) is 8.43. The topological polar surface area (TPSA) is 102 Å². The van der Waals surface area contributed by atoms with Crippen LogP contribution in [0.5, 0.6) is 0 Å². The van der Waals surface area contributed by atoms with E-state index >= 15 is 0 Å². The van der Waals surface area contributed by atoms with E-state index in [-0.39, 0.29) is 10.8 Å². The van der Waals surface area contributed by atoms with Gasteiger partial charge in [-0.25, -0.2) is 13.1 Å². The van der Waals surface area contributed by atoms with Gasteiger partial charge in [-0.1, -0.05) is 26.0 Å². The molecule has 10 heteroatoms. The molecule has 0 aliphatic rings. The molecular weight excluding hydrogens is 372 g/mol. The molecule has 8 nitrogen and oxygen atoms in total. The SMILES string of the molecule is CC(C)[C@@H](NS(=O)(=O)c1cccc2nsnc12)c1nnc2ccccn12. The van der Waals surface area contributed by atoms with Crippen LogP contribution in [0.3, 0.4) is 0 Å². The zero-order chi connectivity index (χ0) is 18.3. The molecule has 0 amide bonds. The molecule has 26 heavy (non-hydrogen) atoms. The predicted octanol–water partition coefficient (Wildman–Crippen LogP) is 2.41. The van der Waals surface area contributed by atoms with Crippen LogP contribution >= 0.6 is 11.7 Å². The first-order valence-corrected chi connectivity index (χ1v) is 10.2. The third-order valence-corrected chi connectivity index (χ3v) is 6.12. The minimum Gasteiger partial charge on any atom is -0.285 e. The summed E-state index contributed by atoms with van der Waals surface area (Å²) < 4.78 is 38.9. The molecule has 3 aromatic heterocycles. The molecule has 0 aliphatic carbocycles. The maximum absolute atomic E-state index is 13.1. The standard InChI is InChI=1S/C16H16N6O2S2/c1-10(2)14(16-18-17-13-8-3-4-9-22(13)16)21-26(23,24)12-7-5-6-11-15(12)20-25-19-11/h3-10,14,21H,1-2H3/t14-/m1/s1. The van der Waals surface area contributed by atoms with E-state index in [0.29, 0.717) is 22.5 Å². The smallest absolute Gasteiger partial charge is 0.243 e. The number of pyridine rings is 1. The van der Waals surface area contributed by atoms with Crippen molar-refractivity contribution >= 4 is 38.4 Å². The maximum atomic E-state index is 13.1. The van der Waals surface area contributed by atoms with E-state index in [9.17, 15) is 8.42 Å². The van der Waals surface area contributed by atoms with Crippen LogP contribution in [-0.2, 0) is 10.0 Å². The van der Waals surface area contributed by atoms with Crippen LogP contribution in [0.4, 0.5) is 0 Å². The lowest BCUT2D eigenvalue weighted by Crippen LogP contribution is -2.33. The highest BCUT2D eigenvalue weighted by molar-refractivity contribution is 7.89. The second kappa shape index (κ2) is 6.38. The Hall–Kier alpha value is -2.43. The lowest BCUT2D eigenvalue weighted by atomic mass is 10.1. The molecule has 1 atom stereocenters. The molecule has 3 heterocycles. The van der Waals surface area contributed by atoms with Crippen molar-refractivity contribution in [2.45, 2.75) is 24.8 Å². The van der Waals surface area contributed by atoms with Crippen molar-refractivity contribution < 1.29 is 8.42 Å². The minimum atomic E-state index is -3.82. The average Bonchev–Trinajstić information content (AvgIpc) is 3.26. The Kier molecular flexibility index (Phi) is 4.17. The maximum Gasteiger partial charge on any atom is 0.243 e. The summed E-state index contributed by atoms with van der Waals surface area (Å²) in [5.41, 5.74) is 1.60. The highest BCUT2D eigenvalue weighted by Crippen LogP contribution is 2.26. The Balaban J connectivity index is 1.78. The number of nitrogens with one attached hydrogen (secondary N) is 1. The number of aromatic nitrogens is 5. The molecule has 0 bridgehead atoms. The van der Waals surface area contributed by atoms with Crippen molar-refractivity contribution in [3.8, 4) is 0 Å². The first-order chi connectivity index (χ1) is 12.5. The Labute approximate surface area is 154 Å². The normalized spacial score (nSPS) is 13.7. The Morgan fingerprint density at radius 1 is 1.08 bits per heavy atom. The third-order valence-electron chi connectivity index (χ3n) is 4.11.